The Bertz CT molecular complexity index is 915. The number of aromatic nitrogens is 1. The lowest BCUT2D eigenvalue weighted by atomic mass is 10.1. The van der Waals surface area contributed by atoms with Gasteiger partial charge in [-0.25, -0.2) is 4.39 Å². The predicted octanol–water partition coefficient (Wildman–Crippen LogP) is 4.22. The molecule has 2 heterocycles. The van der Waals surface area contributed by atoms with Gasteiger partial charge in [-0.1, -0.05) is 12.1 Å². The van der Waals surface area contributed by atoms with Crippen molar-refractivity contribution in [3.05, 3.63) is 60.0 Å². The number of rotatable bonds is 2. The molecule has 1 aliphatic rings. The van der Waals surface area contributed by atoms with Crippen molar-refractivity contribution in [2.75, 3.05) is 31.6 Å². The number of piperazine rings is 1. The van der Waals surface area contributed by atoms with Gasteiger partial charge >= 0.3 is 0 Å². The number of fused-ring (bicyclic) bond motifs is 1. The molecular weight excluding hydrogens is 313 g/mol. The van der Waals surface area contributed by atoms with Crippen molar-refractivity contribution in [3.8, 4) is 5.69 Å². The first-order chi connectivity index (χ1) is 12.0. The van der Waals surface area contributed by atoms with Crippen molar-refractivity contribution in [1.29, 1.82) is 0 Å². The zero-order valence-corrected chi connectivity index (χ0v) is 15.0. The molecule has 1 atom stereocenters. The zero-order valence-electron chi connectivity index (χ0n) is 15.0. The molecule has 25 heavy (non-hydrogen) atoms. The first-order valence-corrected chi connectivity index (χ1v) is 8.86. The number of likely N-dealkylation sites (N-methyl/N-ethyl adjacent to an activating group) is 1. The van der Waals surface area contributed by atoms with Crippen LogP contribution in [-0.4, -0.2) is 42.2 Å². The fraction of sp³-hybridized carbons (Fsp3) is 0.333. The molecule has 1 fully saturated rings. The third-order valence-corrected chi connectivity index (χ3v) is 5.27. The number of nitrogens with zero attached hydrogens (tertiary/aromatic N) is 3. The molecule has 1 unspecified atom stereocenters. The van der Waals surface area contributed by atoms with Crippen molar-refractivity contribution in [2.45, 2.75) is 19.9 Å². The van der Waals surface area contributed by atoms with Gasteiger partial charge in [-0.05, 0) is 56.8 Å². The van der Waals surface area contributed by atoms with Crippen LogP contribution in [0.2, 0.25) is 0 Å². The molecule has 3 nitrogen and oxygen atoms in total. The van der Waals surface area contributed by atoms with Crippen molar-refractivity contribution in [2.24, 2.45) is 0 Å². The minimum Gasteiger partial charge on any atom is -0.366 e. The highest BCUT2D eigenvalue weighted by Gasteiger charge is 2.22. The highest BCUT2D eigenvalue weighted by atomic mass is 19.1. The second-order valence-electron chi connectivity index (χ2n) is 7.14. The lowest BCUT2D eigenvalue weighted by Gasteiger charge is -2.40. The van der Waals surface area contributed by atoms with Crippen LogP contribution in [0.3, 0.4) is 0 Å². The molecule has 1 saturated heterocycles. The quantitative estimate of drug-likeness (QED) is 0.694. The van der Waals surface area contributed by atoms with Gasteiger partial charge in [-0.2, -0.15) is 0 Å². The van der Waals surface area contributed by atoms with Crippen LogP contribution in [0.1, 0.15) is 12.5 Å². The molecule has 0 N–H and O–H groups in total. The van der Waals surface area contributed by atoms with Crippen LogP contribution in [0, 0.1) is 12.7 Å². The summed E-state index contributed by atoms with van der Waals surface area (Å²) in [6.45, 7) is 7.48. The van der Waals surface area contributed by atoms with E-state index >= 15 is 0 Å². The van der Waals surface area contributed by atoms with Crippen LogP contribution in [0.5, 0.6) is 0 Å². The van der Waals surface area contributed by atoms with Crippen molar-refractivity contribution >= 4 is 16.6 Å². The van der Waals surface area contributed by atoms with Crippen molar-refractivity contribution in [1.82, 2.24) is 9.47 Å². The maximum Gasteiger partial charge on any atom is 0.132 e. The fourth-order valence-corrected chi connectivity index (χ4v) is 3.95. The van der Waals surface area contributed by atoms with Gasteiger partial charge in [0, 0.05) is 48.6 Å². The molecule has 130 valence electrons. The minimum absolute atomic E-state index is 0.164. The standard InChI is InChI=1S/C21H24FN3/c1-15-7-8-20(22)19-9-10-25(21(15)19)18-6-4-5-17(13-18)24-12-11-23(3)14-16(24)2/h4-10,13,16H,11-12,14H2,1-3H3. The number of benzene rings is 2. The molecule has 0 spiro atoms. The van der Waals surface area contributed by atoms with Gasteiger partial charge in [0.15, 0.2) is 0 Å². The van der Waals surface area contributed by atoms with E-state index in [4.69, 9.17) is 0 Å². The molecule has 0 radical (unpaired) electrons. The summed E-state index contributed by atoms with van der Waals surface area (Å²) in [6, 6.07) is 14.3. The van der Waals surface area contributed by atoms with Gasteiger partial charge < -0.3 is 14.4 Å². The van der Waals surface area contributed by atoms with E-state index in [-0.39, 0.29) is 5.82 Å². The molecule has 0 aliphatic carbocycles. The number of hydrogen-bond acceptors (Lipinski definition) is 2. The van der Waals surface area contributed by atoms with Crippen LogP contribution in [-0.2, 0) is 0 Å². The van der Waals surface area contributed by atoms with Crippen LogP contribution in [0.4, 0.5) is 10.1 Å². The number of aryl methyl sites for hydroxylation is 1. The first kappa shape index (κ1) is 16.2. The average molecular weight is 337 g/mol. The SMILES string of the molecule is Cc1ccc(F)c2ccn(-c3cccc(N4CCN(C)CC4C)c3)c12. The zero-order chi connectivity index (χ0) is 17.6. The number of hydrogen-bond donors (Lipinski definition) is 0. The molecule has 0 amide bonds. The van der Waals surface area contributed by atoms with Gasteiger partial charge in [-0.3, -0.25) is 0 Å². The third-order valence-electron chi connectivity index (χ3n) is 5.27. The Morgan fingerprint density at radius 1 is 1.04 bits per heavy atom. The molecule has 3 aromatic rings. The summed E-state index contributed by atoms with van der Waals surface area (Å²) in [4.78, 5) is 4.83. The second kappa shape index (κ2) is 6.19. The molecule has 1 aliphatic heterocycles. The molecule has 2 aromatic carbocycles. The van der Waals surface area contributed by atoms with Gasteiger partial charge in [0.25, 0.3) is 0 Å². The monoisotopic (exact) mass is 337 g/mol. The van der Waals surface area contributed by atoms with Gasteiger partial charge in [0.1, 0.15) is 5.82 Å². The summed E-state index contributed by atoms with van der Waals surface area (Å²) in [5.74, 6) is -0.164. The molecule has 0 saturated carbocycles. The molecule has 4 rings (SSSR count). The normalized spacial score (nSPS) is 18.9. The first-order valence-electron chi connectivity index (χ1n) is 8.86. The summed E-state index contributed by atoms with van der Waals surface area (Å²) < 4.78 is 16.2. The number of anilines is 1. The predicted molar refractivity (Wildman–Crippen MR) is 102 cm³/mol. The van der Waals surface area contributed by atoms with E-state index in [2.05, 4.69) is 52.6 Å². The van der Waals surface area contributed by atoms with Crippen LogP contribution < -0.4 is 4.90 Å². The lowest BCUT2D eigenvalue weighted by molar-refractivity contribution is 0.275. The maximum atomic E-state index is 14.1. The highest BCUT2D eigenvalue weighted by molar-refractivity contribution is 5.85. The Hall–Kier alpha value is -2.33. The lowest BCUT2D eigenvalue weighted by Crippen LogP contribution is -2.50. The van der Waals surface area contributed by atoms with Crippen LogP contribution in [0.15, 0.2) is 48.7 Å². The summed E-state index contributed by atoms with van der Waals surface area (Å²) in [6.07, 6.45) is 1.97. The minimum atomic E-state index is -0.164. The van der Waals surface area contributed by atoms with E-state index in [1.807, 2.05) is 25.3 Å². The average Bonchev–Trinajstić information content (AvgIpc) is 3.05. The Kier molecular flexibility index (Phi) is 4.00. The highest BCUT2D eigenvalue weighted by Crippen LogP contribution is 2.28. The molecule has 4 heteroatoms. The molecule has 0 bridgehead atoms. The van der Waals surface area contributed by atoms with E-state index in [9.17, 15) is 4.39 Å². The molecular formula is C21H24FN3. The Morgan fingerprint density at radius 3 is 2.64 bits per heavy atom. The van der Waals surface area contributed by atoms with Crippen molar-refractivity contribution in [3.63, 3.8) is 0 Å². The number of halogens is 1. The van der Waals surface area contributed by atoms with Crippen LogP contribution >= 0.6 is 0 Å². The Labute approximate surface area is 148 Å². The fourth-order valence-electron chi connectivity index (χ4n) is 3.95. The summed E-state index contributed by atoms with van der Waals surface area (Å²) in [5, 5.41) is 0.679. The van der Waals surface area contributed by atoms with E-state index in [1.54, 1.807) is 6.07 Å². The van der Waals surface area contributed by atoms with Crippen molar-refractivity contribution < 1.29 is 4.39 Å². The van der Waals surface area contributed by atoms with E-state index in [1.165, 1.54) is 5.69 Å². The summed E-state index contributed by atoms with van der Waals surface area (Å²) in [5.41, 5.74) is 4.34. The molecule has 1 aromatic heterocycles. The Morgan fingerprint density at radius 2 is 1.84 bits per heavy atom. The summed E-state index contributed by atoms with van der Waals surface area (Å²) >= 11 is 0. The summed E-state index contributed by atoms with van der Waals surface area (Å²) in [7, 11) is 2.17. The van der Waals surface area contributed by atoms with Gasteiger partial charge in [-0.15, -0.1) is 0 Å². The topological polar surface area (TPSA) is 11.4 Å². The van der Waals surface area contributed by atoms with E-state index in [0.29, 0.717) is 11.4 Å². The second-order valence-corrected chi connectivity index (χ2v) is 7.14. The largest absolute Gasteiger partial charge is 0.366 e. The Balaban J connectivity index is 1.77. The van der Waals surface area contributed by atoms with Gasteiger partial charge in [0.2, 0.25) is 0 Å². The maximum absolute atomic E-state index is 14.1. The van der Waals surface area contributed by atoms with E-state index in [0.717, 1.165) is 36.4 Å². The third kappa shape index (κ3) is 2.81. The smallest absolute Gasteiger partial charge is 0.132 e. The van der Waals surface area contributed by atoms with Gasteiger partial charge in [0.05, 0.1) is 5.52 Å². The van der Waals surface area contributed by atoms with Crippen LogP contribution in [0.25, 0.3) is 16.6 Å². The van der Waals surface area contributed by atoms with E-state index < -0.39 is 0 Å².